The average Bonchev–Trinajstić information content (AvgIpc) is 2.04. The first-order chi connectivity index (χ1) is 4.93. The van der Waals surface area contributed by atoms with Crippen molar-refractivity contribution in [2.45, 2.75) is 30.2 Å². The van der Waals surface area contributed by atoms with Gasteiger partial charge in [-0.05, 0) is 13.8 Å². The minimum absolute atomic E-state index is 0.439. The molecule has 2 unspecified atom stereocenters. The van der Waals surface area contributed by atoms with E-state index < -0.39 is 22.3 Å². The summed E-state index contributed by atoms with van der Waals surface area (Å²) in [6.45, 7) is 3.58. The Morgan fingerprint density at radius 3 is 2.36 bits per heavy atom. The highest BCUT2D eigenvalue weighted by molar-refractivity contribution is 8.01. The topological polar surface area (TPSA) is 69.6 Å². The smallest absolute Gasteiger partial charge is 0.322 e. The van der Waals surface area contributed by atoms with Crippen molar-refractivity contribution >= 4 is 17.7 Å². The summed E-state index contributed by atoms with van der Waals surface area (Å²) in [5.41, 5.74) is -0.758. The molecule has 1 aliphatic heterocycles. The maximum absolute atomic E-state index is 10.6. The van der Waals surface area contributed by atoms with Crippen LogP contribution in [0.3, 0.4) is 0 Å². The Kier molecular flexibility index (Phi) is 2.13. The highest BCUT2D eigenvalue weighted by atomic mass is 32.2. The lowest BCUT2D eigenvalue weighted by atomic mass is 10.0. The molecular weight excluding hydrogens is 166 g/mol. The molecule has 0 aromatic rings. The van der Waals surface area contributed by atoms with Crippen LogP contribution in [0.2, 0.25) is 0 Å². The van der Waals surface area contributed by atoms with Crippen molar-refractivity contribution in [1.29, 1.82) is 0 Å². The van der Waals surface area contributed by atoms with Gasteiger partial charge in [0.2, 0.25) is 0 Å². The third-order valence-electron chi connectivity index (χ3n) is 1.67. The zero-order valence-corrected chi connectivity index (χ0v) is 7.18. The number of nitrogens with one attached hydrogen (secondary N) is 1. The zero-order chi connectivity index (χ0) is 8.65. The van der Waals surface area contributed by atoms with E-state index in [-0.39, 0.29) is 0 Å². The molecule has 0 saturated carbocycles. The summed E-state index contributed by atoms with van der Waals surface area (Å²) in [6, 6.07) is -0.664. The molecule has 3 N–H and O–H groups in total. The number of thioether (sulfide) groups is 1. The number of rotatable bonds is 1. The third kappa shape index (κ3) is 1.66. The molecule has 2 atom stereocenters. The van der Waals surface area contributed by atoms with Crippen LogP contribution in [0.15, 0.2) is 0 Å². The van der Waals surface area contributed by atoms with E-state index in [1.165, 1.54) is 11.8 Å². The Hall–Kier alpha value is -0.260. The third-order valence-corrected chi connectivity index (χ3v) is 2.87. The minimum atomic E-state index is -0.918. The van der Waals surface area contributed by atoms with Crippen molar-refractivity contribution in [1.82, 2.24) is 5.32 Å². The summed E-state index contributed by atoms with van der Waals surface area (Å²) in [5.74, 6) is -0.918. The van der Waals surface area contributed by atoms with Crippen LogP contribution in [0.5, 0.6) is 0 Å². The number of carboxylic acid groups (broad SMARTS) is 1. The highest BCUT2D eigenvalue weighted by Gasteiger charge is 2.44. The van der Waals surface area contributed by atoms with Gasteiger partial charge in [0.25, 0.3) is 0 Å². The van der Waals surface area contributed by atoms with E-state index in [2.05, 4.69) is 5.32 Å². The lowest BCUT2D eigenvalue weighted by Crippen LogP contribution is -2.44. The van der Waals surface area contributed by atoms with Crippen molar-refractivity contribution in [2.24, 2.45) is 0 Å². The van der Waals surface area contributed by atoms with Crippen LogP contribution in [-0.2, 0) is 4.79 Å². The molecule has 1 rings (SSSR count). The van der Waals surface area contributed by atoms with Crippen molar-refractivity contribution in [3.8, 4) is 0 Å². The largest absolute Gasteiger partial charge is 0.480 e. The molecule has 0 bridgehead atoms. The first-order valence-corrected chi connectivity index (χ1v) is 4.16. The molecule has 0 aromatic heterocycles. The molecule has 11 heavy (non-hydrogen) atoms. The average molecular weight is 177 g/mol. The van der Waals surface area contributed by atoms with Crippen LogP contribution in [0.1, 0.15) is 13.8 Å². The summed E-state index contributed by atoms with van der Waals surface area (Å²) in [6.07, 6.45) is 0. The summed E-state index contributed by atoms with van der Waals surface area (Å²) < 4.78 is -0.439. The highest BCUT2D eigenvalue weighted by Crippen LogP contribution is 2.36. The van der Waals surface area contributed by atoms with Gasteiger partial charge in [0, 0.05) is 4.75 Å². The van der Waals surface area contributed by atoms with Crippen LogP contribution < -0.4 is 5.32 Å². The lowest BCUT2D eigenvalue weighted by molar-refractivity contribution is -0.140. The summed E-state index contributed by atoms with van der Waals surface area (Å²) in [4.78, 5) is 10.6. The number of aliphatic hydroxyl groups excluding tert-OH is 1. The Bertz CT molecular complexity index is 183. The van der Waals surface area contributed by atoms with E-state index in [0.29, 0.717) is 0 Å². The Labute approximate surface area is 69.0 Å². The van der Waals surface area contributed by atoms with Crippen LogP contribution in [0, 0.1) is 0 Å². The number of hydrogen-bond donors (Lipinski definition) is 3. The normalized spacial score (nSPS) is 35.5. The maximum atomic E-state index is 10.6. The SMILES string of the molecule is CC1(C)SC(O)NC1C(=O)O. The Balaban J connectivity index is 2.74. The van der Waals surface area contributed by atoms with E-state index >= 15 is 0 Å². The van der Waals surface area contributed by atoms with E-state index in [0.717, 1.165) is 0 Å². The van der Waals surface area contributed by atoms with Gasteiger partial charge in [-0.2, -0.15) is 0 Å². The van der Waals surface area contributed by atoms with Crippen LogP contribution in [-0.4, -0.2) is 32.5 Å². The number of carboxylic acids is 1. The van der Waals surface area contributed by atoms with Gasteiger partial charge in [0.15, 0.2) is 5.56 Å². The molecule has 1 heterocycles. The number of aliphatic hydroxyl groups is 1. The van der Waals surface area contributed by atoms with Gasteiger partial charge in [0.1, 0.15) is 6.04 Å². The van der Waals surface area contributed by atoms with Crippen LogP contribution in [0.25, 0.3) is 0 Å². The molecule has 0 spiro atoms. The van der Waals surface area contributed by atoms with Gasteiger partial charge in [-0.15, -0.1) is 11.8 Å². The van der Waals surface area contributed by atoms with Crippen LogP contribution in [0.4, 0.5) is 0 Å². The molecule has 4 nitrogen and oxygen atoms in total. The first kappa shape index (κ1) is 8.83. The van der Waals surface area contributed by atoms with Crippen molar-refractivity contribution in [2.75, 3.05) is 0 Å². The lowest BCUT2D eigenvalue weighted by Gasteiger charge is -2.20. The molecule has 1 saturated heterocycles. The molecule has 1 aliphatic rings. The molecule has 5 heteroatoms. The van der Waals surface area contributed by atoms with E-state index in [1.807, 2.05) is 0 Å². The van der Waals surface area contributed by atoms with Crippen molar-refractivity contribution in [3.63, 3.8) is 0 Å². The number of carbonyl (C=O) groups is 1. The summed E-state index contributed by atoms with van der Waals surface area (Å²) in [5, 5.41) is 20.3. The first-order valence-electron chi connectivity index (χ1n) is 3.28. The Morgan fingerprint density at radius 2 is 2.18 bits per heavy atom. The summed E-state index contributed by atoms with van der Waals surface area (Å²) >= 11 is 1.22. The van der Waals surface area contributed by atoms with Gasteiger partial charge >= 0.3 is 5.97 Å². The van der Waals surface area contributed by atoms with Crippen molar-refractivity contribution < 1.29 is 15.0 Å². The number of hydrogen-bond acceptors (Lipinski definition) is 4. The summed E-state index contributed by atoms with van der Waals surface area (Å²) in [7, 11) is 0. The van der Waals surface area contributed by atoms with E-state index in [4.69, 9.17) is 10.2 Å². The molecule has 1 fully saturated rings. The fraction of sp³-hybridized carbons (Fsp3) is 0.833. The predicted octanol–water partition coefficient (Wildman–Crippen LogP) is -0.170. The fourth-order valence-corrected chi connectivity index (χ4v) is 2.19. The molecular formula is C6H11NO3S. The van der Waals surface area contributed by atoms with Gasteiger partial charge in [0.05, 0.1) is 0 Å². The Morgan fingerprint density at radius 1 is 1.64 bits per heavy atom. The quantitative estimate of drug-likeness (QED) is 0.519. The van der Waals surface area contributed by atoms with E-state index in [9.17, 15) is 4.79 Å². The minimum Gasteiger partial charge on any atom is -0.480 e. The van der Waals surface area contributed by atoms with Gasteiger partial charge in [-0.3, -0.25) is 10.1 Å². The van der Waals surface area contributed by atoms with Crippen LogP contribution >= 0.6 is 11.8 Å². The maximum Gasteiger partial charge on any atom is 0.322 e. The molecule has 0 amide bonds. The zero-order valence-electron chi connectivity index (χ0n) is 6.37. The molecule has 0 aliphatic carbocycles. The monoisotopic (exact) mass is 177 g/mol. The molecule has 64 valence electrons. The van der Waals surface area contributed by atoms with Gasteiger partial charge < -0.3 is 10.2 Å². The second-order valence-electron chi connectivity index (χ2n) is 3.01. The second-order valence-corrected chi connectivity index (χ2v) is 4.75. The second kappa shape index (κ2) is 2.66. The predicted molar refractivity (Wildman–Crippen MR) is 42.2 cm³/mol. The standard InChI is InChI=1S/C6H11NO3S/c1-6(2)3(4(8)9)7-5(10)11-6/h3,5,7,10H,1-2H3,(H,8,9). The number of aliphatic carboxylic acids is 1. The van der Waals surface area contributed by atoms with Gasteiger partial charge in [-0.1, -0.05) is 0 Å². The fourth-order valence-electron chi connectivity index (χ4n) is 1.10. The molecule has 0 radical (unpaired) electrons. The van der Waals surface area contributed by atoms with Crippen molar-refractivity contribution in [3.05, 3.63) is 0 Å². The van der Waals surface area contributed by atoms with E-state index in [1.54, 1.807) is 13.8 Å². The van der Waals surface area contributed by atoms with Gasteiger partial charge in [-0.25, -0.2) is 0 Å². The molecule has 0 aromatic carbocycles.